The molecule has 0 heterocycles. The standard InChI is InChI=1S/C19H23FN2OS/c1-4-14(3)24-17-8-9-18(13(2)10-17)22-19(23)21-12-15-6-5-7-16(20)11-15/h5-11,14H,4,12H2,1-3H3,(H2,21,22,23). The summed E-state index contributed by atoms with van der Waals surface area (Å²) in [5.74, 6) is -0.306. The molecule has 0 saturated heterocycles. The Morgan fingerprint density at radius 3 is 2.71 bits per heavy atom. The van der Waals surface area contributed by atoms with Crippen LogP contribution in [-0.4, -0.2) is 11.3 Å². The normalized spacial score (nSPS) is 11.8. The minimum absolute atomic E-state index is 0.282. The van der Waals surface area contributed by atoms with Crippen molar-refractivity contribution in [2.24, 2.45) is 0 Å². The number of anilines is 1. The first-order chi connectivity index (χ1) is 11.5. The van der Waals surface area contributed by atoms with Crippen molar-refractivity contribution in [1.29, 1.82) is 0 Å². The maximum atomic E-state index is 13.1. The summed E-state index contributed by atoms with van der Waals surface area (Å²) in [7, 11) is 0. The van der Waals surface area contributed by atoms with Crippen molar-refractivity contribution in [1.82, 2.24) is 5.32 Å². The van der Waals surface area contributed by atoms with Gasteiger partial charge in [-0.15, -0.1) is 11.8 Å². The fourth-order valence-electron chi connectivity index (χ4n) is 2.16. The van der Waals surface area contributed by atoms with E-state index in [1.807, 2.05) is 30.8 Å². The number of aryl methyl sites for hydroxylation is 1. The third-order valence-electron chi connectivity index (χ3n) is 3.70. The molecule has 1 atom stereocenters. The quantitative estimate of drug-likeness (QED) is 0.693. The zero-order valence-corrected chi connectivity index (χ0v) is 15.0. The molecule has 0 bridgehead atoms. The largest absolute Gasteiger partial charge is 0.334 e. The summed E-state index contributed by atoms with van der Waals surface area (Å²) in [5.41, 5.74) is 2.52. The Morgan fingerprint density at radius 2 is 2.04 bits per heavy atom. The van der Waals surface area contributed by atoms with Gasteiger partial charge in [-0.3, -0.25) is 0 Å². The molecule has 24 heavy (non-hydrogen) atoms. The highest BCUT2D eigenvalue weighted by molar-refractivity contribution is 7.99. The van der Waals surface area contributed by atoms with E-state index in [1.165, 1.54) is 17.0 Å². The number of carbonyl (C=O) groups excluding carboxylic acids is 1. The molecule has 2 amide bonds. The van der Waals surface area contributed by atoms with Crippen molar-refractivity contribution in [2.75, 3.05) is 5.32 Å². The van der Waals surface area contributed by atoms with E-state index in [2.05, 4.69) is 30.5 Å². The van der Waals surface area contributed by atoms with Crippen LogP contribution in [0.5, 0.6) is 0 Å². The van der Waals surface area contributed by atoms with Crippen molar-refractivity contribution in [3.05, 3.63) is 59.4 Å². The van der Waals surface area contributed by atoms with Crippen LogP contribution >= 0.6 is 11.8 Å². The van der Waals surface area contributed by atoms with Crippen LogP contribution in [0.25, 0.3) is 0 Å². The van der Waals surface area contributed by atoms with E-state index in [0.29, 0.717) is 5.25 Å². The SMILES string of the molecule is CCC(C)Sc1ccc(NC(=O)NCc2cccc(F)c2)c(C)c1. The summed E-state index contributed by atoms with van der Waals surface area (Å²) in [4.78, 5) is 13.2. The first kappa shape index (κ1) is 18.3. The molecule has 3 nitrogen and oxygen atoms in total. The van der Waals surface area contributed by atoms with Gasteiger partial charge in [-0.25, -0.2) is 9.18 Å². The zero-order valence-electron chi connectivity index (χ0n) is 14.2. The van der Waals surface area contributed by atoms with Crippen LogP contribution in [0.3, 0.4) is 0 Å². The van der Waals surface area contributed by atoms with Crippen molar-refractivity contribution in [2.45, 2.75) is 43.9 Å². The average molecular weight is 346 g/mol. The number of hydrogen-bond donors (Lipinski definition) is 2. The van der Waals surface area contributed by atoms with Crippen LogP contribution in [0.4, 0.5) is 14.9 Å². The Morgan fingerprint density at radius 1 is 1.25 bits per heavy atom. The molecule has 2 rings (SSSR count). The van der Waals surface area contributed by atoms with Crippen LogP contribution < -0.4 is 10.6 Å². The molecule has 2 N–H and O–H groups in total. The Labute approximate surface area is 147 Å². The lowest BCUT2D eigenvalue weighted by atomic mass is 10.2. The van der Waals surface area contributed by atoms with Gasteiger partial charge in [0.05, 0.1) is 0 Å². The van der Waals surface area contributed by atoms with Gasteiger partial charge in [-0.05, 0) is 54.8 Å². The Balaban J connectivity index is 1.91. The first-order valence-electron chi connectivity index (χ1n) is 8.04. The van der Waals surface area contributed by atoms with Gasteiger partial charge in [0.15, 0.2) is 0 Å². The summed E-state index contributed by atoms with van der Waals surface area (Å²) in [6.45, 7) is 6.63. The number of benzene rings is 2. The third-order valence-corrected chi connectivity index (χ3v) is 4.96. The van der Waals surface area contributed by atoms with Gasteiger partial charge in [0, 0.05) is 22.4 Å². The average Bonchev–Trinajstić information content (AvgIpc) is 2.55. The molecule has 2 aromatic carbocycles. The minimum atomic E-state index is -0.306. The van der Waals surface area contributed by atoms with Crippen LogP contribution in [0.15, 0.2) is 47.4 Å². The second-order valence-electron chi connectivity index (χ2n) is 5.75. The highest BCUT2D eigenvalue weighted by atomic mass is 32.2. The van der Waals surface area contributed by atoms with Gasteiger partial charge in [-0.1, -0.05) is 26.0 Å². The van der Waals surface area contributed by atoms with E-state index in [4.69, 9.17) is 0 Å². The molecule has 0 aliphatic rings. The Hall–Kier alpha value is -2.01. The predicted molar refractivity (Wildman–Crippen MR) is 99.0 cm³/mol. The van der Waals surface area contributed by atoms with E-state index in [0.717, 1.165) is 23.2 Å². The van der Waals surface area contributed by atoms with Gasteiger partial charge in [0.25, 0.3) is 0 Å². The molecule has 0 saturated carbocycles. The highest BCUT2D eigenvalue weighted by Crippen LogP contribution is 2.28. The molecule has 0 fully saturated rings. The van der Waals surface area contributed by atoms with Crippen molar-refractivity contribution in [3.8, 4) is 0 Å². The fraction of sp³-hybridized carbons (Fsp3) is 0.316. The fourth-order valence-corrected chi connectivity index (χ4v) is 3.18. The molecule has 0 aliphatic carbocycles. The highest BCUT2D eigenvalue weighted by Gasteiger charge is 2.07. The number of amides is 2. The molecule has 128 valence electrons. The number of urea groups is 1. The van der Waals surface area contributed by atoms with Crippen molar-refractivity contribution in [3.63, 3.8) is 0 Å². The summed E-state index contributed by atoms with van der Waals surface area (Å²) >= 11 is 1.83. The number of carbonyl (C=O) groups is 1. The molecule has 1 unspecified atom stereocenters. The van der Waals surface area contributed by atoms with Crippen LogP contribution in [0.1, 0.15) is 31.4 Å². The number of rotatable bonds is 6. The maximum Gasteiger partial charge on any atom is 0.319 e. The number of thioether (sulfide) groups is 1. The zero-order chi connectivity index (χ0) is 17.5. The molecule has 0 radical (unpaired) electrons. The minimum Gasteiger partial charge on any atom is -0.334 e. The lowest BCUT2D eigenvalue weighted by Gasteiger charge is -2.13. The lowest BCUT2D eigenvalue weighted by Crippen LogP contribution is -2.28. The van der Waals surface area contributed by atoms with E-state index in [1.54, 1.807) is 12.1 Å². The second kappa shape index (κ2) is 8.73. The molecular weight excluding hydrogens is 323 g/mol. The molecule has 5 heteroatoms. The topological polar surface area (TPSA) is 41.1 Å². The number of nitrogens with one attached hydrogen (secondary N) is 2. The first-order valence-corrected chi connectivity index (χ1v) is 8.92. The third kappa shape index (κ3) is 5.57. The predicted octanol–water partition coefficient (Wildman–Crippen LogP) is 5.35. The van der Waals surface area contributed by atoms with E-state index in [9.17, 15) is 9.18 Å². The van der Waals surface area contributed by atoms with Gasteiger partial charge in [-0.2, -0.15) is 0 Å². The van der Waals surface area contributed by atoms with Gasteiger partial charge in [0.1, 0.15) is 5.82 Å². The smallest absolute Gasteiger partial charge is 0.319 e. The van der Waals surface area contributed by atoms with Gasteiger partial charge in [0.2, 0.25) is 0 Å². The van der Waals surface area contributed by atoms with Crippen LogP contribution in [0, 0.1) is 12.7 Å². The molecule has 0 aliphatic heterocycles. The second-order valence-corrected chi connectivity index (χ2v) is 7.26. The van der Waals surface area contributed by atoms with Crippen LogP contribution in [0.2, 0.25) is 0 Å². The summed E-state index contributed by atoms with van der Waals surface area (Å²) in [6.07, 6.45) is 1.12. The Bertz CT molecular complexity index is 706. The Kier molecular flexibility index (Phi) is 6.67. The summed E-state index contributed by atoms with van der Waals surface area (Å²) < 4.78 is 13.1. The maximum absolute atomic E-state index is 13.1. The van der Waals surface area contributed by atoms with Crippen molar-refractivity contribution < 1.29 is 9.18 Å². The molecule has 0 aromatic heterocycles. The summed E-state index contributed by atoms with van der Waals surface area (Å²) in [6, 6.07) is 11.9. The lowest BCUT2D eigenvalue weighted by molar-refractivity contribution is 0.251. The van der Waals surface area contributed by atoms with E-state index >= 15 is 0 Å². The number of hydrogen-bond acceptors (Lipinski definition) is 2. The monoisotopic (exact) mass is 346 g/mol. The summed E-state index contributed by atoms with van der Waals surface area (Å²) in [5, 5.41) is 6.14. The van der Waals surface area contributed by atoms with Gasteiger partial charge < -0.3 is 10.6 Å². The molecular formula is C19H23FN2OS. The van der Waals surface area contributed by atoms with Crippen LogP contribution in [-0.2, 0) is 6.54 Å². The van der Waals surface area contributed by atoms with Crippen molar-refractivity contribution >= 4 is 23.5 Å². The van der Waals surface area contributed by atoms with E-state index in [-0.39, 0.29) is 18.4 Å². The van der Waals surface area contributed by atoms with Gasteiger partial charge >= 0.3 is 6.03 Å². The van der Waals surface area contributed by atoms with E-state index < -0.39 is 0 Å². The molecule has 0 spiro atoms. The molecule has 2 aromatic rings. The number of halogens is 1.